The van der Waals surface area contributed by atoms with Crippen LogP contribution in [0.3, 0.4) is 0 Å². The number of hydrogen-bond donors (Lipinski definition) is 1. The third-order valence-electron chi connectivity index (χ3n) is 2.72. The van der Waals surface area contributed by atoms with Gasteiger partial charge in [-0.15, -0.1) is 0 Å². The predicted molar refractivity (Wildman–Crippen MR) is 79.9 cm³/mol. The van der Waals surface area contributed by atoms with Gasteiger partial charge in [-0.25, -0.2) is 0 Å². The smallest absolute Gasteiger partial charge is 0.0860 e. The standard InChI is InChI=1S/C16H20N2/c1-6-12(3)10-14(7-2)15-8-9-18-16(11-15)13(4)17-5/h6-11,17H,1,4H2,2-3,5H3/b12-10-,14-7+. The van der Waals surface area contributed by atoms with Crippen LogP contribution >= 0.6 is 0 Å². The lowest BCUT2D eigenvalue weighted by molar-refractivity contribution is 1.10. The van der Waals surface area contributed by atoms with Crippen molar-refractivity contribution in [3.05, 3.63) is 66.5 Å². The first kappa shape index (κ1) is 14.0. The molecule has 94 valence electrons. The number of nitrogens with zero attached hydrogens (tertiary/aromatic N) is 1. The first-order valence-electron chi connectivity index (χ1n) is 5.93. The Balaban J connectivity index is 3.16. The molecule has 1 aromatic rings. The van der Waals surface area contributed by atoms with Crippen LogP contribution in [0.4, 0.5) is 0 Å². The minimum absolute atomic E-state index is 0.816. The van der Waals surface area contributed by atoms with Gasteiger partial charge in [-0.1, -0.05) is 37.0 Å². The molecule has 0 bridgehead atoms. The highest BCUT2D eigenvalue weighted by atomic mass is 14.9. The van der Waals surface area contributed by atoms with Crippen molar-refractivity contribution in [3.63, 3.8) is 0 Å². The monoisotopic (exact) mass is 240 g/mol. The Bertz CT molecular complexity index is 508. The molecule has 0 aromatic carbocycles. The van der Waals surface area contributed by atoms with Crippen molar-refractivity contribution in [2.75, 3.05) is 7.05 Å². The van der Waals surface area contributed by atoms with E-state index in [9.17, 15) is 0 Å². The van der Waals surface area contributed by atoms with E-state index in [-0.39, 0.29) is 0 Å². The topological polar surface area (TPSA) is 24.9 Å². The highest BCUT2D eigenvalue weighted by molar-refractivity contribution is 5.76. The summed E-state index contributed by atoms with van der Waals surface area (Å²) in [6.45, 7) is 11.7. The Labute approximate surface area is 109 Å². The molecule has 1 N–H and O–H groups in total. The van der Waals surface area contributed by atoms with E-state index in [1.165, 1.54) is 0 Å². The maximum atomic E-state index is 4.30. The fraction of sp³-hybridized carbons (Fsp3) is 0.188. The molecule has 1 heterocycles. The van der Waals surface area contributed by atoms with Gasteiger partial charge in [0, 0.05) is 13.2 Å². The second-order valence-corrected chi connectivity index (χ2v) is 3.99. The summed E-state index contributed by atoms with van der Waals surface area (Å²) in [7, 11) is 1.84. The van der Waals surface area contributed by atoms with Crippen LogP contribution in [0.2, 0.25) is 0 Å². The number of aromatic nitrogens is 1. The first-order valence-corrected chi connectivity index (χ1v) is 5.93. The highest BCUT2D eigenvalue weighted by Crippen LogP contribution is 2.19. The molecule has 2 nitrogen and oxygen atoms in total. The Morgan fingerprint density at radius 3 is 2.72 bits per heavy atom. The summed E-state index contributed by atoms with van der Waals surface area (Å²) in [5.74, 6) is 0. The minimum atomic E-state index is 0.816. The van der Waals surface area contributed by atoms with Gasteiger partial charge in [0.1, 0.15) is 0 Å². The molecule has 1 aromatic heterocycles. The van der Waals surface area contributed by atoms with Crippen LogP contribution in [0.15, 0.2) is 55.3 Å². The molecule has 0 spiro atoms. The predicted octanol–water partition coefficient (Wildman–Crippen LogP) is 3.81. The van der Waals surface area contributed by atoms with Crippen LogP contribution in [-0.4, -0.2) is 12.0 Å². The average Bonchev–Trinajstić information content (AvgIpc) is 2.43. The van der Waals surface area contributed by atoms with Gasteiger partial charge in [0.25, 0.3) is 0 Å². The molecule has 0 atom stereocenters. The molecule has 0 aliphatic carbocycles. The van der Waals surface area contributed by atoms with Crippen LogP contribution in [0.1, 0.15) is 25.1 Å². The fourth-order valence-electron chi connectivity index (χ4n) is 1.54. The second-order valence-electron chi connectivity index (χ2n) is 3.99. The lowest BCUT2D eigenvalue weighted by Gasteiger charge is -2.08. The summed E-state index contributed by atoms with van der Waals surface area (Å²) in [4.78, 5) is 4.30. The Hall–Kier alpha value is -2.09. The summed E-state index contributed by atoms with van der Waals surface area (Å²) in [5.41, 5.74) is 5.09. The van der Waals surface area contributed by atoms with Crippen molar-refractivity contribution in [2.24, 2.45) is 0 Å². The van der Waals surface area contributed by atoms with E-state index in [0.29, 0.717) is 0 Å². The van der Waals surface area contributed by atoms with E-state index in [1.807, 2.05) is 39.1 Å². The summed E-state index contributed by atoms with van der Waals surface area (Å²) < 4.78 is 0. The van der Waals surface area contributed by atoms with Gasteiger partial charge < -0.3 is 5.32 Å². The number of pyridine rings is 1. The van der Waals surface area contributed by atoms with Gasteiger partial charge in [-0.3, -0.25) is 4.98 Å². The summed E-state index contributed by atoms with van der Waals surface area (Å²) in [5, 5.41) is 3.01. The van der Waals surface area contributed by atoms with Gasteiger partial charge in [-0.05, 0) is 37.1 Å². The van der Waals surface area contributed by atoms with Crippen LogP contribution in [0.25, 0.3) is 11.3 Å². The fourth-order valence-corrected chi connectivity index (χ4v) is 1.54. The molecule has 0 radical (unpaired) electrons. The van der Waals surface area contributed by atoms with Crippen molar-refractivity contribution in [1.82, 2.24) is 10.3 Å². The maximum Gasteiger partial charge on any atom is 0.0860 e. The highest BCUT2D eigenvalue weighted by Gasteiger charge is 2.02. The minimum Gasteiger partial charge on any atom is -0.387 e. The van der Waals surface area contributed by atoms with Gasteiger partial charge in [0.05, 0.1) is 11.4 Å². The first-order chi connectivity index (χ1) is 8.62. The van der Waals surface area contributed by atoms with Crippen molar-refractivity contribution in [2.45, 2.75) is 13.8 Å². The molecular weight excluding hydrogens is 220 g/mol. The molecule has 0 aliphatic heterocycles. The number of nitrogens with one attached hydrogen (secondary N) is 1. The molecule has 0 saturated heterocycles. The summed E-state index contributed by atoms with van der Waals surface area (Å²) in [6, 6.07) is 4.02. The van der Waals surface area contributed by atoms with Gasteiger partial charge in [0.2, 0.25) is 0 Å². The van der Waals surface area contributed by atoms with E-state index in [2.05, 4.69) is 35.6 Å². The lowest BCUT2D eigenvalue weighted by atomic mass is 10.0. The van der Waals surface area contributed by atoms with Crippen molar-refractivity contribution < 1.29 is 0 Å². The zero-order valence-electron chi connectivity index (χ0n) is 11.3. The quantitative estimate of drug-likeness (QED) is 0.792. The van der Waals surface area contributed by atoms with E-state index in [0.717, 1.165) is 28.1 Å². The maximum absolute atomic E-state index is 4.30. The normalized spacial score (nSPS) is 12.2. The van der Waals surface area contributed by atoms with Gasteiger partial charge >= 0.3 is 0 Å². The number of rotatable bonds is 5. The molecule has 0 amide bonds. The van der Waals surface area contributed by atoms with E-state index in [1.54, 1.807) is 6.20 Å². The molecule has 0 saturated carbocycles. The van der Waals surface area contributed by atoms with Gasteiger partial charge in [-0.2, -0.15) is 0 Å². The lowest BCUT2D eigenvalue weighted by Crippen LogP contribution is -2.04. The Morgan fingerprint density at radius 2 is 2.17 bits per heavy atom. The second kappa shape index (κ2) is 6.60. The third-order valence-corrected chi connectivity index (χ3v) is 2.72. The van der Waals surface area contributed by atoms with E-state index >= 15 is 0 Å². The molecule has 0 fully saturated rings. The van der Waals surface area contributed by atoms with Crippen molar-refractivity contribution >= 4 is 11.3 Å². The molecule has 2 heteroatoms. The SMILES string of the molecule is C=C/C(C)=C\C(=C/C)c1ccnc(C(=C)NC)c1. The Morgan fingerprint density at radius 1 is 1.44 bits per heavy atom. The van der Waals surface area contributed by atoms with Crippen LogP contribution in [0, 0.1) is 0 Å². The van der Waals surface area contributed by atoms with E-state index < -0.39 is 0 Å². The molecule has 1 rings (SSSR count). The Kier molecular flexibility index (Phi) is 5.12. The van der Waals surface area contributed by atoms with Crippen LogP contribution < -0.4 is 5.32 Å². The third kappa shape index (κ3) is 3.45. The zero-order chi connectivity index (χ0) is 13.5. The van der Waals surface area contributed by atoms with Crippen LogP contribution in [-0.2, 0) is 0 Å². The number of allylic oxidation sites excluding steroid dienone is 5. The summed E-state index contributed by atoms with van der Waals surface area (Å²) >= 11 is 0. The molecule has 0 unspecified atom stereocenters. The largest absolute Gasteiger partial charge is 0.387 e. The zero-order valence-corrected chi connectivity index (χ0v) is 11.3. The summed E-state index contributed by atoms with van der Waals surface area (Å²) in [6.07, 6.45) is 7.83. The number of hydrogen-bond acceptors (Lipinski definition) is 2. The molecular formula is C16H20N2. The van der Waals surface area contributed by atoms with Gasteiger partial charge in [0.15, 0.2) is 0 Å². The van der Waals surface area contributed by atoms with Crippen molar-refractivity contribution in [3.8, 4) is 0 Å². The van der Waals surface area contributed by atoms with E-state index in [4.69, 9.17) is 0 Å². The average molecular weight is 240 g/mol. The molecule has 0 aliphatic rings. The van der Waals surface area contributed by atoms with Crippen LogP contribution in [0.5, 0.6) is 0 Å². The van der Waals surface area contributed by atoms with Crippen molar-refractivity contribution in [1.29, 1.82) is 0 Å². The molecule has 18 heavy (non-hydrogen) atoms.